The largest absolute Gasteiger partial charge is 0.388 e. The number of nitrogens with two attached hydrogens (primary N) is 2. The maximum Gasteiger partial charge on any atom is 0.258 e. The fourth-order valence-corrected chi connectivity index (χ4v) is 3.39. The Morgan fingerprint density at radius 2 is 2.18 bits per heavy atom. The lowest BCUT2D eigenvalue weighted by Gasteiger charge is -2.36. The number of thioether (sulfide) groups is 1. The van der Waals surface area contributed by atoms with Crippen molar-refractivity contribution in [3.05, 3.63) is 0 Å². The lowest BCUT2D eigenvalue weighted by Crippen LogP contribution is -2.86. The number of hydrogen-bond acceptors (Lipinski definition) is 5. The third-order valence-electron chi connectivity index (χ3n) is 3.03. The molecule has 0 radical (unpaired) electrons. The highest BCUT2D eigenvalue weighted by atomic mass is 32.2. The van der Waals surface area contributed by atoms with Crippen molar-refractivity contribution in [1.29, 1.82) is 0 Å². The van der Waals surface area contributed by atoms with Gasteiger partial charge in [0.1, 0.15) is 36.3 Å². The standard InChI is InChI=1S/C10H19N3O3S/c1-3-12-10-13-6-8(15)7(14)5(4-11-2)16-9(6)17-10/h5-9,11,14-15H,3-4H2,1-2H3,(H,12,13)/p+2/t5-,6-,7-,8-,9-/m1/s1. The summed E-state index contributed by atoms with van der Waals surface area (Å²) in [6, 6.07) is -0.332. The maximum absolute atomic E-state index is 10.1. The number of quaternary nitrogens is 2. The van der Waals surface area contributed by atoms with Gasteiger partial charge in [0.25, 0.3) is 5.17 Å². The van der Waals surface area contributed by atoms with Crippen molar-refractivity contribution in [2.24, 2.45) is 4.99 Å². The Morgan fingerprint density at radius 1 is 1.41 bits per heavy atom. The van der Waals surface area contributed by atoms with E-state index in [0.717, 1.165) is 11.7 Å². The predicted molar refractivity (Wildman–Crippen MR) is 64.7 cm³/mol. The van der Waals surface area contributed by atoms with Crippen molar-refractivity contribution in [3.8, 4) is 0 Å². The summed E-state index contributed by atoms with van der Waals surface area (Å²) in [5, 5.41) is 24.9. The van der Waals surface area contributed by atoms with E-state index in [1.807, 2.05) is 24.6 Å². The lowest BCUT2D eigenvalue weighted by atomic mass is 9.98. The first-order valence-corrected chi connectivity index (χ1v) is 6.92. The number of amidine groups is 1. The molecule has 0 aromatic heterocycles. The summed E-state index contributed by atoms with van der Waals surface area (Å²) in [5.74, 6) is 0. The molecule has 2 aliphatic rings. The van der Waals surface area contributed by atoms with E-state index >= 15 is 0 Å². The van der Waals surface area contributed by atoms with E-state index in [-0.39, 0.29) is 17.6 Å². The number of likely N-dealkylation sites (N-methyl/N-ethyl adjacent to an activating group) is 1. The zero-order valence-electron chi connectivity index (χ0n) is 10.1. The molecule has 0 amide bonds. The van der Waals surface area contributed by atoms with Gasteiger partial charge in [0.05, 0.1) is 13.6 Å². The van der Waals surface area contributed by atoms with Crippen LogP contribution in [0.4, 0.5) is 0 Å². The Balaban J connectivity index is 2.04. The topological polar surface area (TPSA) is 95.3 Å². The molecule has 6 N–H and O–H groups in total. The van der Waals surface area contributed by atoms with Crippen LogP contribution >= 0.6 is 11.8 Å². The molecule has 0 bridgehead atoms. The highest BCUT2D eigenvalue weighted by Gasteiger charge is 2.49. The van der Waals surface area contributed by atoms with Crippen molar-refractivity contribution in [2.45, 2.75) is 36.7 Å². The number of aliphatic hydroxyl groups is 2. The molecule has 0 saturated carbocycles. The highest BCUT2D eigenvalue weighted by Crippen LogP contribution is 2.34. The van der Waals surface area contributed by atoms with Crippen LogP contribution in [0.15, 0.2) is 4.99 Å². The van der Waals surface area contributed by atoms with E-state index in [1.165, 1.54) is 0 Å². The van der Waals surface area contributed by atoms with Gasteiger partial charge in [-0.15, -0.1) is 0 Å². The summed E-state index contributed by atoms with van der Waals surface area (Å²) < 4.78 is 5.80. The molecule has 2 heterocycles. The zero-order chi connectivity index (χ0) is 12.4. The zero-order valence-corrected chi connectivity index (χ0v) is 10.9. The minimum atomic E-state index is -0.849. The first kappa shape index (κ1) is 13.3. The van der Waals surface area contributed by atoms with Crippen molar-refractivity contribution >= 4 is 16.9 Å². The molecule has 6 nitrogen and oxygen atoms in total. The monoisotopic (exact) mass is 263 g/mol. The minimum absolute atomic E-state index is 0.156. The summed E-state index contributed by atoms with van der Waals surface area (Å²) in [7, 11) is 1.92. The average Bonchev–Trinajstić information content (AvgIpc) is 2.69. The van der Waals surface area contributed by atoms with E-state index < -0.39 is 12.2 Å². The molecule has 17 heavy (non-hydrogen) atoms. The molecule has 5 atom stereocenters. The Bertz CT molecular complexity index is 303. The highest BCUT2D eigenvalue weighted by molar-refractivity contribution is 8.14. The van der Waals surface area contributed by atoms with Crippen LogP contribution in [-0.4, -0.2) is 65.3 Å². The fourth-order valence-electron chi connectivity index (χ4n) is 2.15. The van der Waals surface area contributed by atoms with E-state index in [1.54, 1.807) is 11.8 Å². The second-order valence-corrected chi connectivity index (χ2v) is 5.47. The quantitative estimate of drug-likeness (QED) is 0.428. The summed E-state index contributed by atoms with van der Waals surface area (Å²) in [5.41, 5.74) is -0.156. The third kappa shape index (κ3) is 2.64. The van der Waals surface area contributed by atoms with Gasteiger partial charge in [-0.05, 0) is 18.7 Å². The molecule has 2 aliphatic heterocycles. The van der Waals surface area contributed by atoms with Gasteiger partial charge in [0.15, 0.2) is 0 Å². The molecule has 1 saturated heterocycles. The maximum atomic E-state index is 10.1. The Labute approximate surface area is 105 Å². The Hall–Kier alpha value is -0.180. The van der Waals surface area contributed by atoms with Gasteiger partial charge in [0.2, 0.25) is 0 Å². The van der Waals surface area contributed by atoms with Crippen molar-refractivity contribution in [3.63, 3.8) is 0 Å². The van der Waals surface area contributed by atoms with E-state index in [0.29, 0.717) is 6.54 Å². The van der Waals surface area contributed by atoms with E-state index in [2.05, 4.69) is 4.99 Å². The van der Waals surface area contributed by atoms with Gasteiger partial charge in [-0.2, -0.15) is 0 Å². The van der Waals surface area contributed by atoms with Crippen LogP contribution in [-0.2, 0) is 4.74 Å². The van der Waals surface area contributed by atoms with Gasteiger partial charge < -0.3 is 20.3 Å². The molecule has 0 aromatic rings. The summed E-state index contributed by atoms with van der Waals surface area (Å²) >= 11 is 1.54. The van der Waals surface area contributed by atoms with Crippen LogP contribution in [0.1, 0.15) is 6.92 Å². The molecule has 0 aliphatic carbocycles. The lowest BCUT2D eigenvalue weighted by molar-refractivity contribution is -0.636. The van der Waals surface area contributed by atoms with Gasteiger partial charge in [-0.1, -0.05) is 0 Å². The van der Waals surface area contributed by atoms with E-state index in [9.17, 15) is 10.2 Å². The summed E-state index contributed by atoms with van der Waals surface area (Å²) in [6.07, 6.45) is -1.99. The van der Waals surface area contributed by atoms with Crippen LogP contribution < -0.4 is 10.6 Å². The minimum Gasteiger partial charge on any atom is -0.388 e. The number of aliphatic hydroxyl groups excluding tert-OH is 2. The van der Waals surface area contributed by atoms with Gasteiger partial charge in [-0.3, -0.25) is 5.32 Å². The molecule has 1 fully saturated rings. The van der Waals surface area contributed by atoms with Crippen molar-refractivity contribution < 1.29 is 25.6 Å². The van der Waals surface area contributed by atoms with Gasteiger partial charge >= 0.3 is 0 Å². The SMILES string of the molecule is CC[NH2+]C1=N[C@@H]2[C@@H](O)[C@H](O)[C@@H](C[NH2+]C)O[C@@H]2S1. The third-order valence-corrected chi connectivity index (χ3v) is 4.16. The normalized spacial score (nSPS) is 41.2. The molecule has 7 heteroatoms. The first-order valence-electron chi connectivity index (χ1n) is 6.04. The molecular formula is C10H21N3O3S+2. The van der Waals surface area contributed by atoms with Crippen LogP contribution in [0.3, 0.4) is 0 Å². The number of ether oxygens (including phenoxy) is 1. The number of hydrogen-bond donors (Lipinski definition) is 4. The van der Waals surface area contributed by atoms with Crippen LogP contribution in [0.25, 0.3) is 0 Å². The molecule has 0 aromatic carbocycles. The van der Waals surface area contributed by atoms with Crippen LogP contribution in [0.5, 0.6) is 0 Å². The van der Waals surface area contributed by atoms with Crippen molar-refractivity contribution in [2.75, 3.05) is 20.1 Å². The number of rotatable bonds is 3. The first-order chi connectivity index (χ1) is 8.17. The van der Waals surface area contributed by atoms with Gasteiger partial charge in [0, 0.05) is 0 Å². The predicted octanol–water partition coefficient (Wildman–Crippen LogP) is -3.32. The summed E-state index contributed by atoms with van der Waals surface area (Å²) in [4.78, 5) is 4.40. The van der Waals surface area contributed by atoms with Crippen LogP contribution in [0.2, 0.25) is 0 Å². The molecule has 2 rings (SSSR count). The summed E-state index contributed by atoms with van der Waals surface area (Å²) in [6.45, 7) is 3.61. The van der Waals surface area contributed by atoms with E-state index in [4.69, 9.17) is 4.74 Å². The molecular weight excluding hydrogens is 242 g/mol. The fraction of sp³-hybridized carbons (Fsp3) is 0.900. The number of fused-ring (bicyclic) bond motifs is 1. The Morgan fingerprint density at radius 3 is 2.82 bits per heavy atom. The second-order valence-electron chi connectivity index (χ2n) is 4.36. The smallest absolute Gasteiger partial charge is 0.258 e. The number of nitrogens with zero attached hydrogens (tertiary/aromatic N) is 1. The van der Waals surface area contributed by atoms with Crippen molar-refractivity contribution in [1.82, 2.24) is 0 Å². The molecule has 98 valence electrons. The van der Waals surface area contributed by atoms with Crippen LogP contribution in [0, 0.1) is 0 Å². The second kappa shape index (κ2) is 5.64. The van der Waals surface area contributed by atoms with Gasteiger partial charge in [-0.25, -0.2) is 4.99 Å². The molecule has 0 spiro atoms. The number of aliphatic imine (C=N–C) groups is 1. The average molecular weight is 263 g/mol. The molecule has 0 unspecified atom stereocenters. The Kier molecular flexibility index (Phi) is 4.40.